The highest BCUT2D eigenvalue weighted by molar-refractivity contribution is 5.91. The minimum atomic E-state index is -0.520. The Balaban J connectivity index is 2.34. The highest BCUT2D eigenvalue weighted by atomic mass is 16.5. The van der Waals surface area contributed by atoms with E-state index < -0.39 is 6.10 Å². The van der Waals surface area contributed by atoms with Gasteiger partial charge in [-0.05, 0) is 25.8 Å². The van der Waals surface area contributed by atoms with E-state index in [-0.39, 0.29) is 12.5 Å². The first kappa shape index (κ1) is 10.1. The quantitative estimate of drug-likeness (QED) is 0.659. The first-order valence-electron chi connectivity index (χ1n) is 4.49. The van der Waals surface area contributed by atoms with Gasteiger partial charge in [-0.1, -0.05) is 0 Å². The molecule has 1 aliphatic rings. The van der Waals surface area contributed by atoms with Gasteiger partial charge in [-0.15, -0.1) is 0 Å². The van der Waals surface area contributed by atoms with Crippen molar-refractivity contribution in [3.8, 4) is 0 Å². The topological polar surface area (TPSA) is 58.6 Å². The van der Waals surface area contributed by atoms with Crippen LogP contribution in [0.3, 0.4) is 0 Å². The second-order valence-electron chi connectivity index (χ2n) is 3.12. The predicted octanol–water partition coefficient (Wildman–Crippen LogP) is 0.178. The van der Waals surface area contributed by atoms with E-state index in [9.17, 15) is 4.79 Å². The van der Waals surface area contributed by atoms with Crippen LogP contribution in [-0.2, 0) is 9.53 Å². The molecule has 2 N–H and O–H groups in total. The van der Waals surface area contributed by atoms with Crippen molar-refractivity contribution in [2.75, 3.05) is 13.2 Å². The van der Waals surface area contributed by atoms with Crippen LogP contribution in [0.4, 0.5) is 0 Å². The number of hydrogen-bond acceptors (Lipinski definition) is 3. The lowest BCUT2D eigenvalue weighted by Gasteiger charge is -2.14. The number of ether oxygens (including phenoxy) is 1. The summed E-state index contributed by atoms with van der Waals surface area (Å²) in [7, 11) is 0. The Kier molecular flexibility index (Phi) is 3.76. The zero-order chi connectivity index (χ0) is 9.68. The van der Waals surface area contributed by atoms with Gasteiger partial charge in [-0.2, -0.15) is 0 Å². The number of aliphatic hydroxyl groups excluding tert-OH is 1. The van der Waals surface area contributed by atoms with Gasteiger partial charge >= 0.3 is 0 Å². The summed E-state index contributed by atoms with van der Waals surface area (Å²) in [5, 5.41) is 11.5. The molecule has 1 amide bonds. The second kappa shape index (κ2) is 4.87. The molecule has 0 radical (unpaired) electrons. The van der Waals surface area contributed by atoms with Crippen LogP contribution >= 0.6 is 0 Å². The minimum absolute atomic E-state index is 0.236. The molecule has 0 aromatic carbocycles. The molecule has 74 valence electrons. The summed E-state index contributed by atoms with van der Waals surface area (Å²) in [5.74, 6) is 0.146. The average Bonchev–Trinajstić information content (AvgIpc) is 2.15. The molecule has 0 fully saturated rings. The van der Waals surface area contributed by atoms with Crippen molar-refractivity contribution in [2.45, 2.75) is 25.9 Å². The molecule has 1 atom stereocenters. The van der Waals surface area contributed by atoms with Crippen molar-refractivity contribution in [1.82, 2.24) is 5.32 Å². The third-order valence-corrected chi connectivity index (χ3v) is 1.72. The minimum Gasteiger partial charge on any atom is -0.488 e. The summed E-state index contributed by atoms with van der Waals surface area (Å²) in [6.45, 7) is 2.49. The van der Waals surface area contributed by atoms with Crippen molar-refractivity contribution in [3.63, 3.8) is 0 Å². The molecule has 0 aromatic rings. The molecule has 0 aromatic heterocycles. The van der Waals surface area contributed by atoms with Gasteiger partial charge in [0.1, 0.15) is 0 Å². The summed E-state index contributed by atoms with van der Waals surface area (Å²) in [5.41, 5.74) is 0. The molecular weight excluding hydrogens is 170 g/mol. The maximum atomic E-state index is 11.3. The largest absolute Gasteiger partial charge is 0.488 e. The molecule has 1 unspecified atom stereocenters. The van der Waals surface area contributed by atoms with Crippen LogP contribution in [0, 0.1) is 0 Å². The Hall–Kier alpha value is -1.03. The molecule has 0 spiro atoms. The smallest absolute Gasteiger partial charge is 0.286 e. The Bertz CT molecular complexity index is 211. The molecule has 1 rings (SSSR count). The van der Waals surface area contributed by atoms with Crippen molar-refractivity contribution < 1.29 is 14.6 Å². The zero-order valence-electron chi connectivity index (χ0n) is 7.75. The van der Waals surface area contributed by atoms with Gasteiger partial charge in [-0.25, -0.2) is 0 Å². The van der Waals surface area contributed by atoms with Crippen LogP contribution in [0.1, 0.15) is 19.8 Å². The SMILES string of the molecule is CC(O)CNC(=O)C1=CCCCO1. The number of nitrogens with one attached hydrogen (secondary N) is 1. The molecule has 4 nitrogen and oxygen atoms in total. The predicted molar refractivity (Wildman–Crippen MR) is 48.0 cm³/mol. The molecule has 4 heteroatoms. The van der Waals surface area contributed by atoms with E-state index in [1.54, 1.807) is 13.0 Å². The maximum Gasteiger partial charge on any atom is 0.286 e. The van der Waals surface area contributed by atoms with Crippen LogP contribution in [-0.4, -0.2) is 30.3 Å². The average molecular weight is 185 g/mol. The Morgan fingerprint density at radius 2 is 2.62 bits per heavy atom. The molecule has 0 bridgehead atoms. The fourth-order valence-corrected chi connectivity index (χ4v) is 1.04. The van der Waals surface area contributed by atoms with Gasteiger partial charge in [0.25, 0.3) is 5.91 Å². The van der Waals surface area contributed by atoms with Crippen LogP contribution < -0.4 is 5.32 Å². The first-order valence-corrected chi connectivity index (χ1v) is 4.49. The first-order chi connectivity index (χ1) is 6.20. The Labute approximate surface area is 77.6 Å². The standard InChI is InChI=1S/C9H15NO3/c1-7(11)6-10-9(12)8-4-2-3-5-13-8/h4,7,11H,2-3,5-6H2,1H3,(H,10,12). The number of amides is 1. The number of aliphatic hydroxyl groups is 1. The van der Waals surface area contributed by atoms with Gasteiger partial charge in [0.05, 0.1) is 12.7 Å². The maximum absolute atomic E-state index is 11.3. The lowest BCUT2D eigenvalue weighted by molar-refractivity contribution is -0.121. The normalized spacial score (nSPS) is 18.5. The highest BCUT2D eigenvalue weighted by Gasteiger charge is 2.13. The highest BCUT2D eigenvalue weighted by Crippen LogP contribution is 2.09. The Morgan fingerprint density at radius 1 is 1.85 bits per heavy atom. The molecule has 0 saturated heterocycles. The van der Waals surface area contributed by atoms with E-state index in [2.05, 4.69) is 5.32 Å². The number of rotatable bonds is 3. The van der Waals surface area contributed by atoms with E-state index in [0.29, 0.717) is 12.4 Å². The van der Waals surface area contributed by atoms with Crippen molar-refractivity contribution in [3.05, 3.63) is 11.8 Å². The van der Waals surface area contributed by atoms with E-state index >= 15 is 0 Å². The summed E-state index contributed by atoms with van der Waals surface area (Å²) >= 11 is 0. The van der Waals surface area contributed by atoms with Crippen LogP contribution in [0.25, 0.3) is 0 Å². The van der Waals surface area contributed by atoms with Crippen LogP contribution in [0.2, 0.25) is 0 Å². The Morgan fingerprint density at radius 3 is 3.15 bits per heavy atom. The monoisotopic (exact) mass is 185 g/mol. The second-order valence-corrected chi connectivity index (χ2v) is 3.12. The van der Waals surface area contributed by atoms with E-state index in [1.807, 2.05) is 0 Å². The molecule has 0 saturated carbocycles. The molecular formula is C9H15NO3. The third kappa shape index (κ3) is 3.46. The van der Waals surface area contributed by atoms with Crippen LogP contribution in [0.5, 0.6) is 0 Å². The fraction of sp³-hybridized carbons (Fsp3) is 0.667. The number of carbonyl (C=O) groups is 1. The lowest BCUT2D eigenvalue weighted by atomic mass is 10.2. The lowest BCUT2D eigenvalue weighted by Crippen LogP contribution is -2.32. The van der Waals surface area contributed by atoms with Crippen LogP contribution in [0.15, 0.2) is 11.8 Å². The summed E-state index contributed by atoms with van der Waals surface area (Å²) in [6.07, 6.45) is 3.11. The number of allylic oxidation sites excluding steroid dienone is 1. The van der Waals surface area contributed by atoms with E-state index in [1.165, 1.54) is 0 Å². The van der Waals surface area contributed by atoms with Crippen molar-refractivity contribution in [1.29, 1.82) is 0 Å². The van der Waals surface area contributed by atoms with Gasteiger partial charge in [0.2, 0.25) is 0 Å². The van der Waals surface area contributed by atoms with Gasteiger partial charge in [0, 0.05) is 6.54 Å². The van der Waals surface area contributed by atoms with Gasteiger partial charge in [0.15, 0.2) is 5.76 Å². The zero-order valence-corrected chi connectivity index (χ0v) is 7.75. The van der Waals surface area contributed by atoms with E-state index in [0.717, 1.165) is 12.8 Å². The fourth-order valence-electron chi connectivity index (χ4n) is 1.04. The number of carbonyl (C=O) groups excluding carboxylic acids is 1. The third-order valence-electron chi connectivity index (χ3n) is 1.72. The molecule has 0 aliphatic carbocycles. The molecule has 1 heterocycles. The molecule has 1 aliphatic heterocycles. The number of hydrogen-bond donors (Lipinski definition) is 2. The van der Waals surface area contributed by atoms with Gasteiger partial charge in [-0.3, -0.25) is 4.79 Å². The summed E-state index contributed by atoms with van der Waals surface area (Å²) in [6, 6.07) is 0. The van der Waals surface area contributed by atoms with Crippen molar-refractivity contribution >= 4 is 5.91 Å². The van der Waals surface area contributed by atoms with Crippen molar-refractivity contribution in [2.24, 2.45) is 0 Å². The summed E-state index contributed by atoms with van der Waals surface area (Å²) in [4.78, 5) is 11.3. The van der Waals surface area contributed by atoms with E-state index in [4.69, 9.17) is 9.84 Å². The summed E-state index contributed by atoms with van der Waals surface area (Å²) < 4.78 is 5.14. The molecule has 13 heavy (non-hydrogen) atoms. The van der Waals surface area contributed by atoms with Gasteiger partial charge < -0.3 is 15.2 Å².